The van der Waals surface area contributed by atoms with Gasteiger partial charge in [0.25, 0.3) is 0 Å². The normalized spacial score (nSPS) is 14.6. The number of nitrogens with one attached hydrogen (secondary N) is 4. The van der Waals surface area contributed by atoms with Gasteiger partial charge in [-0.3, -0.25) is 19.2 Å². The van der Waals surface area contributed by atoms with Crippen LogP contribution in [-0.2, 0) is 36.8 Å². The van der Waals surface area contributed by atoms with Crippen LogP contribution in [-0.4, -0.2) is 69.0 Å². The second-order valence-corrected chi connectivity index (χ2v) is 10.3. The number of para-hydroxylation sites is 1. The number of benzene rings is 2. The molecular weight excluding hydrogens is 542 g/mol. The van der Waals surface area contributed by atoms with E-state index in [1.54, 1.807) is 36.5 Å². The Hall–Kier alpha value is -4.71. The number of H-pyrrole nitrogens is 1. The number of carbonyl (C=O) groups excluding carboxylic acids is 3. The van der Waals surface area contributed by atoms with Gasteiger partial charge in [0.15, 0.2) is 0 Å². The lowest BCUT2D eigenvalue weighted by Gasteiger charge is -2.26. The molecule has 0 saturated heterocycles. The Bertz CT molecular complexity index is 1410. The molecule has 42 heavy (non-hydrogen) atoms. The van der Waals surface area contributed by atoms with Gasteiger partial charge >= 0.3 is 11.9 Å². The highest BCUT2D eigenvalue weighted by Gasteiger charge is 2.32. The molecule has 12 heteroatoms. The first kappa shape index (κ1) is 31.8. The highest BCUT2D eigenvalue weighted by Crippen LogP contribution is 2.19. The Balaban J connectivity index is 1.90. The topological polar surface area (TPSA) is 204 Å². The van der Waals surface area contributed by atoms with Gasteiger partial charge in [0.1, 0.15) is 18.1 Å². The van der Waals surface area contributed by atoms with E-state index in [2.05, 4.69) is 20.9 Å². The van der Waals surface area contributed by atoms with E-state index in [9.17, 15) is 29.1 Å². The predicted octanol–water partition coefficient (Wildman–Crippen LogP) is 1.34. The first-order chi connectivity index (χ1) is 20.0. The summed E-state index contributed by atoms with van der Waals surface area (Å²) in [5, 5.41) is 27.0. The molecule has 3 amide bonds. The summed E-state index contributed by atoms with van der Waals surface area (Å²) in [6.07, 6.45) is 1.60. The third-order valence-electron chi connectivity index (χ3n) is 7.20. The largest absolute Gasteiger partial charge is 0.481 e. The Morgan fingerprint density at radius 1 is 0.810 bits per heavy atom. The van der Waals surface area contributed by atoms with Crippen molar-refractivity contribution in [2.45, 2.75) is 63.7 Å². The van der Waals surface area contributed by atoms with Crippen molar-refractivity contribution in [1.82, 2.24) is 20.9 Å². The number of amides is 3. The van der Waals surface area contributed by atoms with E-state index in [1.165, 1.54) is 0 Å². The third-order valence-corrected chi connectivity index (χ3v) is 7.20. The molecule has 0 saturated carbocycles. The van der Waals surface area contributed by atoms with Crippen LogP contribution in [0.5, 0.6) is 0 Å². The number of rotatable bonds is 15. The molecule has 3 rings (SSSR count). The molecule has 5 atom stereocenters. The monoisotopic (exact) mass is 579 g/mol. The number of carboxylic acid groups (broad SMARTS) is 2. The second kappa shape index (κ2) is 14.8. The Kier molecular flexibility index (Phi) is 11.2. The molecule has 5 unspecified atom stereocenters. The Morgan fingerprint density at radius 3 is 2.00 bits per heavy atom. The van der Waals surface area contributed by atoms with Crippen molar-refractivity contribution in [3.05, 3.63) is 71.9 Å². The van der Waals surface area contributed by atoms with Crippen molar-refractivity contribution in [2.24, 2.45) is 11.7 Å². The number of hydrogen-bond donors (Lipinski definition) is 7. The van der Waals surface area contributed by atoms with Gasteiger partial charge in [0, 0.05) is 29.9 Å². The lowest BCUT2D eigenvalue weighted by Crippen LogP contribution is -2.58. The number of nitrogens with two attached hydrogens (primary N) is 1. The Labute approximate surface area is 243 Å². The molecule has 0 aliphatic heterocycles. The maximum atomic E-state index is 13.7. The fourth-order valence-electron chi connectivity index (χ4n) is 4.49. The van der Waals surface area contributed by atoms with Crippen LogP contribution in [0.4, 0.5) is 0 Å². The maximum Gasteiger partial charge on any atom is 0.326 e. The number of carboxylic acids is 2. The summed E-state index contributed by atoms with van der Waals surface area (Å²) in [5.41, 5.74) is 8.40. The third kappa shape index (κ3) is 8.64. The highest BCUT2D eigenvalue weighted by molar-refractivity contribution is 5.95. The molecular formula is C30H37N5O7. The van der Waals surface area contributed by atoms with E-state index >= 15 is 0 Å². The smallest absolute Gasteiger partial charge is 0.326 e. The number of carbonyl (C=O) groups is 5. The predicted molar refractivity (Wildman–Crippen MR) is 155 cm³/mol. The van der Waals surface area contributed by atoms with Crippen molar-refractivity contribution in [3.8, 4) is 0 Å². The molecule has 12 nitrogen and oxygen atoms in total. The zero-order chi connectivity index (χ0) is 30.8. The first-order valence-corrected chi connectivity index (χ1v) is 13.7. The molecule has 0 bridgehead atoms. The van der Waals surface area contributed by atoms with Crippen LogP contribution < -0.4 is 21.7 Å². The van der Waals surface area contributed by atoms with Crippen LogP contribution in [0, 0.1) is 5.92 Å². The fraction of sp³-hybridized carbons (Fsp3) is 0.367. The van der Waals surface area contributed by atoms with Crippen LogP contribution in [0.2, 0.25) is 0 Å². The van der Waals surface area contributed by atoms with E-state index in [4.69, 9.17) is 10.8 Å². The SMILES string of the molecule is CCC(C)C(N)C(=O)NC(Cc1c[nH]c2ccccc12)C(=O)NC(Cc1ccccc1)C(=O)NC(CC(=O)O)C(=O)O. The number of hydrogen-bond acceptors (Lipinski definition) is 6. The van der Waals surface area contributed by atoms with Crippen molar-refractivity contribution < 1.29 is 34.2 Å². The van der Waals surface area contributed by atoms with Gasteiger partial charge in [0.2, 0.25) is 17.7 Å². The zero-order valence-corrected chi connectivity index (χ0v) is 23.5. The molecule has 2 aromatic carbocycles. The van der Waals surface area contributed by atoms with Crippen LogP contribution in [0.3, 0.4) is 0 Å². The minimum atomic E-state index is -1.71. The molecule has 0 fully saturated rings. The van der Waals surface area contributed by atoms with Crippen molar-refractivity contribution in [1.29, 1.82) is 0 Å². The van der Waals surface area contributed by atoms with Gasteiger partial charge in [-0.15, -0.1) is 0 Å². The van der Waals surface area contributed by atoms with Crippen molar-refractivity contribution in [3.63, 3.8) is 0 Å². The minimum Gasteiger partial charge on any atom is -0.481 e. The number of aromatic amines is 1. The average molecular weight is 580 g/mol. The lowest BCUT2D eigenvalue weighted by atomic mass is 9.98. The molecule has 0 spiro atoms. The van der Waals surface area contributed by atoms with Crippen LogP contribution >= 0.6 is 0 Å². The van der Waals surface area contributed by atoms with Crippen LogP contribution in [0.25, 0.3) is 10.9 Å². The molecule has 3 aromatic rings. The summed E-state index contributed by atoms with van der Waals surface area (Å²) in [5.74, 6) is -5.19. The lowest BCUT2D eigenvalue weighted by molar-refractivity contribution is -0.147. The summed E-state index contributed by atoms with van der Waals surface area (Å²) in [7, 11) is 0. The highest BCUT2D eigenvalue weighted by atomic mass is 16.4. The van der Waals surface area contributed by atoms with Gasteiger partial charge in [-0.2, -0.15) is 0 Å². The van der Waals surface area contributed by atoms with E-state index < -0.39 is 60.2 Å². The Morgan fingerprint density at radius 2 is 1.38 bits per heavy atom. The van der Waals surface area contributed by atoms with E-state index in [0.29, 0.717) is 12.0 Å². The van der Waals surface area contributed by atoms with Crippen molar-refractivity contribution in [2.75, 3.05) is 0 Å². The van der Waals surface area contributed by atoms with Gasteiger partial charge in [-0.25, -0.2) is 4.79 Å². The van der Waals surface area contributed by atoms with Gasteiger partial charge < -0.3 is 36.9 Å². The number of aromatic nitrogens is 1. The van der Waals surface area contributed by atoms with Gasteiger partial charge in [0.05, 0.1) is 12.5 Å². The summed E-state index contributed by atoms with van der Waals surface area (Å²) in [6.45, 7) is 3.73. The summed E-state index contributed by atoms with van der Waals surface area (Å²) >= 11 is 0. The maximum absolute atomic E-state index is 13.7. The van der Waals surface area contributed by atoms with Crippen molar-refractivity contribution >= 4 is 40.6 Å². The van der Waals surface area contributed by atoms with E-state index in [0.717, 1.165) is 16.5 Å². The molecule has 224 valence electrons. The average Bonchev–Trinajstić information content (AvgIpc) is 3.38. The molecule has 1 aromatic heterocycles. The van der Waals surface area contributed by atoms with Gasteiger partial charge in [-0.1, -0.05) is 68.8 Å². The molecule has 0 radical (unpaired) electrons. The van der Waals surface area contributed by atoms with E-state index in [-0.39, 0.29) is 18.8 Å². The van der Waals surface area contributed by atoms with Crippen LogP contribution in [0.15, 0.2) is 60.8 Å². The molecule has 8 N–H and O–H groups in total. The fourth-order valence-corrected chi connectivity index (χ4v) is 4.49. The summed E-state index contributed by atoms with van der Waals surface area (Å²) < 4.78 is 0. The first-order valence-electron chi connectivity index (χ1n) is 13.7. The van der Waals surface area contributed by atoms with Crippen LogP contribution in [0.1, 0.15) is 37.8 Å². The summed E-state index contributed by atoms with van der Waals surface area (Å²) in [4.78, 5) is 66.0. The zero-order valence-electron chi connectivity index (χ0n) is 23.5. The van der Waals surface area contributed by atoms with Gasteiger partial charge in [-0.05, 0) is 23.1 Å². The molecule has 0 aliphatic carbocycles. The molecule has 0 aliphatic rings. The number of aliphatic carboxylic acids is 2. The quantitative estimate of drug-likeness (QED) is 0.140. The molecule has 1 heterocycles. The number of fused-ring (bicyclic) bond motifs is 1. The minimum absolute atomic E-state index is 0.0159. The summed E-state index contributed by atoms with van der Waals surface area (Å²) in [6, 6.07) is 11.2. The second-order valence-electron chi connectivity index (χ2n) is 10.3. The standard InChI is InChI=1S/C30H37N5O7/c1-3-17(2)26(31)29(40)34-23(14-19-16-32-21-12-8-7-11-20(19)21)28(39)33-22(13-18-9-5-4-6-10-18)27(38)35-24(30(41)42)15-25(36)37/h4-12,16-17,22-24,26,32H,3,13-15,31H2,1-2H3,(H,33,39)(H,34,40)(H,35,38)(H,36,37)(H,41,42). The van der Waals surface area contributed by atoms with E-state index in [1.807, 2.05) is 38.1 Å².